The van der Waals surface area contributed by atoms with Gasteiger partial charge in [0.25, 0.3) is 0 Å². The van der Waals surface area contributed by atoms with Crippen molar-refractivity contribution in [3.8, 4) is 5.75 Å². The van der Waals surface area contributed by atoms with Crippen LogP contribution >= 0.6 is 0 Å². The lowest BCUT2D eigenvalue weighted by Crippen LogP contribution is -2.34. The molecule has 1 aromatic rings. The van der Waals surface area contributed by atoms with Gasteiger partial charge in [-0.15, -0.1) is 0 Å². The van der Waals surface area contributed by atoms with Gasteiger partial charge < -0.3 is 15.5 Å². The third-order valence-corrected chi connectivity index (χ3v) is 3.56. The van der Waals surface area contributed by atoms with Gasteiger partial charge >= 0.3 is 5.97 Å². The van der Waals surface area contributed by atoms with Gasteiger partial charge in [-0.3, -0.25) is 14.8 Å². The largest absolute Gasteiger partial charge is 0.505 e. The van der Waals surface area contributed by atoms with Crippen molar-refractivity contribution in [2.45, 2.75) is 45.7 Å². The quantitative estimate of drug-likeness (QED) is 0.665. The van der Waals surface area contributed by atoms with E-state index in [9.17, 15) is 9.90 Å². The Kier molecular flexibility index (Phi) is 6.30. The Bertz CT molecular complexity index is 529. The lowest BCUT2D eigenvalue weighted by molar-refractivity contribution is -0.137. The van der Waals surface area contributed by atoms with Crippen molar-refractivity contribution in [2.75, 3.05) is 7.05 Å². The molecule has 2 atom stereocenters. The third kappa shape index (κ3) is 4.82. The van der Waals surface area contributed by atoms with Crippen molar-refractivity contribution in [2.24, 2.45) is 4.99 Å². The van der Waals surface area contributed by atoms with Crippen LogP contribution in [0, 0.1) is 13.8 Å². The van der Waals surface area contributed by atoms with Crippen LogP contribution < -0.4 is 5.32 Å². The molecule has 6 heteroatoms. The molecule has 0 bridgehead atoms. The fraction of sp³-hybridized carbons (Fsp3) is 0.533. The number of carbonyl (C=O) groups is 1. The van der Waals surface area contributed by atoms with Crippen LogP contribution in [0.5, 0.6) is 5.75 Å². The first-order chi connectivity index (χ1) is 9.86. The van der Waals surface area contributed by atoms with Crippen LogP contribution in [0.3, 0.4) is 0 Å². The highest BCUT2D eigenvalue weighted by Gasteiger charge is 2.16. The lowest BCUT2D eigenvalue weighted by atomic mass is 10.0. The van der Waals surface area contributed by atoms with Crippen molar-refractivity contribution >= 4 is 12.2 Å². The number of pyridine rings is 1. The van der Waals surface area contributed by atoms with E-state index in [0.29, 0.717) is 17.7 Å². The van der Waals surface area contributed by atoms with E-state index in [-0.39, 0.29) is 24.3 Å². The fourth-order valence-corrected chi connectivity index (χ4v) is 1.96. The predicted molar refractivity (Wildman–Crippen MR) is 82.1 cm³/mol. The third-order valence-electron chi connectivity index (χ3n) is 3.56. The van der Waals surface area contributed by atoms with Gasteiger partial charge in [0.05, 0.1) is 11.7 Å². The number of aliphatic imine (C=N–C) groups is 1. The minimum absolute atomic E-state index is 0.0472. The number of rotatable bonds is 7. The Hall–Kier alpha value is -1.95. The molecule has 0 aliphatic carbocycles. The van der Waals surface area contributed by atoms with Crippen molar-refractivity contribution in [1.29, 1.82) is 0 Å². The maximum absolute atomic E-state index is 10.7. The SMILES string of the molecule is CNC(C)C(CCC(=O)O)N=Cc1c(C)cnc(C)c1O. The van der Waals surface area contributed by atoms with E-state index in [1.165, 1.54) is 0 Å². The zero-order valence-corrected chi connectivity index (χ0v) is 12.9. The molecule has 1 rings (SSSR count). The Morgan fingerprint density at radius 2 is 2.19 bits per heavy atom. The summed E-state index contributed by atoms with van der Waals surface area (Å²) in [5.74, 6) is -0.717. The molecule has 1 heterocycles. The number of aromatic hydroxyl groups is 1. The van der Waals surface area contributed by atoms with E-state index >= 15 is 0 Å². The number of nitrogens with zero attached hydrogens (tertiary/aromatic N) is 2. The average Bonchev–Trinajstić information content (AvgIpc) is 2.45. The zero-order valence-electron chi connectivity index (χ0n) is 12.9. The number of aromatic nitrogens is 1. The van der Waals surface area contributed by atoms with Crippen LogP contribution in [0.15, 0.2) is 11.2 Å². The summed E-state index contributed by atoms with van der Waals surface area (Å²) in [5, 5.41) is 21.9. The predicted octanol–water partition coefficient (Wildman–Crippen LogP) is 1.66. The molecular formula is C15H23N3O3. The molecule has 21 heavy (non-hydrogen) atoms. The summed E-state index contributed by atoms with van der Waals surface area (Å²) in [4.78, 5) is 19.3. The van der Waals surface area contributed by atoms with Crippen LogP contribution in [0.2, 0.25) is 0 Å². The number of carboxylic acid groups (broad SMARTS) is 1. The number of nitrogens with one attached hydrogen (secondary N) is 1. The molecule has 0 aromatic carbocycles. The molecule has 3 N–H and O–H groups in total. The molecule has 0 spiro atoms. The molecule has 0 fully saturated rings. The Morgan fingerprint density at radius 1 is 1.52 bits per heavy atom. The number of carboxylic acids is 1. The molecular weight excluding hydrogens is 270 g/mol. The zero-order chi connectivity index (χ0) is 16.0. The molecule has 6 nitrogen and oxygen atoms in total. The normalized spacial score (nSPS) is 14.3. The van der Waals surface area contributed by atoms with Crippen LogP contribution in [0.1, 0.15) is 36.6 Å². The average molecular weight is 293 g/mol. The monoisotopic (exact) mass is 293 g/mol. The van der Waals surface area contributed by atoms with Gasteiger partial charge in [0.15, 0.2) is 0 Å². The summed E-state index contributed by atoms with van der Waals surface area (Å²) in [6.07, 6.45) is 3.80. The number of likely N-dealkylation sites (N-methyl/N-ethyl adjacent to an activating group) is 1. The van der Waals surface area contributed by atoms with E-state index in [2.05, 4.69) is 15.3 Å². The summed E-state index contributed by atoms with van der Waals surface area (Å²) in [6, 6.07) is -0.121. The van der Waals surface area contributed by atoms with Gasteiger partial charge in [-0.2, -0.15) is 0 Å². The van der Waals surface area contributed by atoms with Crippen molar-refractivity contribution < 1.29 is 15.0 Å². The van der Waals surface area contributed by atoms with Crippen LogP contribution in [-0.2, 0) is 4.79 Å². The summed E-state index contributed by atoms with van der Waals surface area (Å²) in [7, 11) is 1.81. The molecule has 0 aliphatic heterocycles. The van der Waals surface area contributed by atoms with E-state index in [1.807, 2.05) is 20.9 Å². The molecule has 116 valence electrons. The Morgan fingerprint density at radius 3 is 2.76 bits per heavy atom. The van der Waals surface area contributed by atoms with Gasteiger partial charge in [-0.25, -0.2) is 0 Å². The number of hydrogen-bond acceptors (Lipinski definition) is 5. The highest BCUT2D eigenvalue weighted by Crippen LogP contribution is 2.21. The van der Waals surface area contributed by atoms with Crippen LogP contribution in [0.25, 0.3) is 0 Å². The topological polar surface area (TPSA) is 94.8 Å². The molecule has 1 aromatic heterocycles. The second-order valence-electron chi connectivity index (χ2n) is 5.14. The molecule has 0 saturated carbocycles. The van der Waals surface area contributed by atoms with Gasteiger partial charge in [-0.1, -0.05) is 0 Å². The highest BCUT2D eigenvalue weighted by atomic mass is 16.4. The summed E-state index contributed by atoms with van der Waals surface area (Å²) in [5.41, 5.74) is 2.01. The molecule has 2 unspecified atom stereocenters. The van der Waals surface area contributed by atoms with E-state index in [4.69, 9.17) is 5.11 Å². The van der Waals surface area contributed by atoms with Gasteiger partial charge in [0, 0.05) is 30.4 Å². The van der Waals surface area contributed by atoms with Gasteiger partial charge in [0.1, 0.15) is 5.75 Å². The maximum Gasteiger partial charge on any atom is 0.303 e. The van der Waals surface area contributed by atoms with Crippen molar-refractivity contribution in [3.05, 3.63) is 23.0 Å². The highest BCUT2D eigenvalue weighted by molar-refractivity contribution is 5.85. The first kappa shape index (κ1) is 17.1. The molecule has 0 aliphatic rings. The van der Waals surface area contributed by atoms with Crippen LogP contribution in [0.4, 0.5) is 0 Å². The van der Waals surface area contributed by atoms with Crippen LogP contribution in [-0.4, -0.2) is 46.5 Å². The number of aliphatic carboxylic acids is 1. The minimum Gasteiger partial charge on any atom is -0.505 e. The second kappa shape index (κ2) is 7.73. The Labute approximate surface area is 124 Å². The summed E-state index contributed by atoms with van der Waals surface area (Å²) >= 11 is 0. The maximum atomic E-state index is 10.7. The molecule has 0 radical (unpaired) electrons. The number of hydrogen-bond donors (Lipinski definition) is 3. The summed E-state index contributed by atoms with van der Waals surface area (Å²) < 4.78 is 0. The van der Waals surface area contributed by atoms with Crippen molar-refractivity contribution in [1.82, 2.24) is 10.3 Å². The van der Waals surface area contributed by atoms with Gasteiger partial charge in [0.2, 0.25) is 0 Å². The second-order valence-corrected chi connectivity index (χ2v) is 5.14. The Balaban J connectivity index is 2.97. The van der Waals surface area contributed by atoms with E-state index in [0.717, 1.165) is 5.56 Å². The van der Waals surface area contributed by atoms with E-state index < -0.39 is 5.97 Å². The molecule has 0 saturated heterocycles. The number of aryl methyl sites for hydroxylation is 2. The first-order valence-electron chi connectivity index (χ1n) is 6.94. The standard InChI is InChI=1S/C15H23N3O3/c1-9-7-17-11(3)15(21)12(9)8-18-13(10(2)16-4)5-6-14(19)20/h7-8,10,13,16,21H,5-6H2,1-4H3,(H,19,20). The van der Waals surface area contributed by atoms with Crippen molar-refractivity contribution in [3.63, 3.8) is 0 Å². The van der Waals surface area contributed by atoms with E-state index in [1.54, 1.807) is 19.3 Å². The fourth-order valence-electron chi connectivity index (χ4n) is 1.96. The molecule has 0 amide bonds. The lowest BCUT2D eigenvalue weighted by Gasteiger charge is -2.19. The van der Waals surface area contributed by atoms with Gasteiger partial charge in [-0.05, 0) is 39.8 Å². The minimum atomic E-state index is -0.836. The summed E-state index contributed by atoms with van der Waals surface area (Å²) in [6.45, 7) is 5.53. The smallest absolute Gasteiger partial charge is 0.303 e. The first-order valence-corrected chi connectivity index (χ1v) is 6.94.